The second kappa shape index (κ2) is 5.47. The van der Waals surface area contributed by atoms with E-state index in [4.69, 9.17) is 0 Å². The van der Waals surface area contributed by atoms with Crippen LogP contribution in [0.4, 0.5) is 4.39 Å². The number of aliphatic hydroxyl groups excluding tert-OH is 1. The van der Waals surface area contributed by atoms with Crippen LogP contribution in [0.25, 0.3) is 0 Å². The summed E-state index contributed by atoms with van der Waals surface area (Å²) in [6.07, 6.45) is -0.997. The lowest BCUT2D eigenvalue weighted by Crippen LogP contribution is -2.41. The molecule has 20 heavy (non-hydrogen) atoms. The molecule has 0 bridgehead atoms. The molecule has 0 aromatic heterocycles. The van der Waals surface area contributed by atoms with Gasteiger partial charge in [0, 0.05) is 13.0 Å². The first kappa shape index (κ1) is 14.9. The second-order valence-corrected chi connectivity index (χ2v) is 6.35. The summed E-state index contributed by atoms with van der Waals surface area (Å²) in [6.45, 7) is -0.224. The molecule has 1 aromatic rings. The number of benzene rings is 1. The highest BCUT2D eigenvalue weighted by Gasteiger charge is 2.44. The van der Waals surface area contributed by atoms with Gasteiger partial charge in [-0.3, -0.25) is 4.79 Å². The molecular weight excluding hydrogens is 289 g/mol. The Balaban J connectivity index is 2.40. The number of hydrogen-bond acceptors (Lipinski definition) is 5. The van der Waals surface area contributed by atoms with Gasteiger partial charge in [-0.1, -0.05) is 6.07 Å². The number of methoxy groups -OCH3 is 1. The molecule has 110 valence electrons. The van der Waals surface area contributed by atoms with Gasteiger partial charge in [-0.05, 0) is 18.2 Å². The van der Waals surface area contributed by atoms with E-state index in [2.05, 4.69) is 4.74 Å². The molecule has 0 spiro atoms. The average Bonchev–Trinajstić information content (AvgIpc) is 2.80. The van der Waals surface area contributed by atoms with Crippen LogP contribution in [0.1, 0.15) is 6.42 Å². The fraction of sp³-hybridized carbons (Fsp3) is 0.417. The zero-order chi connectivity index (χ0) is 14.9. The summed E-state index contributed by atoms with van der Waals surface area (Å²) < 4.78 is 43.3. The van der Waals surface area contributed by atoms with Crippen molar-refractivity contribution in [1.29, 1.82) is 0 Å². The molecule has 0 amide bonds. The maximum Gasteiger partial charge on any atom is 0.324 e. The summed E-state index contributed by atoms with van der Waals surface area (Å²) in [5.41, 5.74) is 0. The third-order valence-corrected chi connectivity index (χ3v) is 4.98. The molecule has 1 fully saturated rings. The van der Waals surface area contributed by atoms with Crippen LogP contribution in [0.15, 0.2) is 29.2 Å². The lowest BCUT2D eigenvalue weighted by atomic mass is 10.2. The summed E-state index contributed by atoms with van der Waals surface area (Å²) in [5.74, 6) is -1.44. The Morgan fingerprint density at radius 2 is 2.20 bits per heavy atom. The number of β-amino-alcohol motifs (C(OH)–C–C–N with tert-alkyl or cyclic N) is 1. The molecule has 2 rings (SSSR count). The van der Waals surface area contributed by atoms with Crippen molar-refractivity contribution in [2.45, 2.75) is 23.5 Å². The van der Waals surface area contributed by atoms with E-state index >= 15 is 0 Å². The summed E-state index contributed by atoms with van der Waals surface area (Å²) in [5, 5.41) is 9.59. The van der Waals surface area contributed by atoms with Gasteiger partial charge in [-0.15, -0.1) is 0 Å². The van der Waals surface area contributed by atoms with Crippen LogP contribution in [0.3, 0.4) is 0 Å². The van der Waals surface area contributed by atoms with Gasteiger partial charge in [0.05, 0.1) is 18.1 Å². The van der Waals surface area contributed by atoms with E-state index in [1.165, 1.54) is 12.1 Å². The van der Waals surface area contributed by atoms with Crippen LogP contribution in [-0.2, 0) is 19.6 Å². The summed E-state index contributed by atoms with van der Waals surface area (Å²) in [7, 11) is -2.93. The number of carbonyl (C=O) groups is 1. The van der Waals surface area contributed by atoms with Crippen molar-refractivity contribution in [2.75, 3.05) is 13.7 Å². The Morgan fingerprint density at radius 1 is 1.50 bits per heavy atom. The molecule has 2 atom stereocenters. The number of halogens is 1. The fourth-order valence-corrected chi connectivity index (χ4v) is 3.82. The number of sulfonamides is 1. The van der Waals surface area contributed by atoms with Gasteiger partial charge in [-0.2, -0.15) is 4.31 Å². The minimum Gasteiger partial charge on any atom is -0.468 e. The SMILES string of the molecule is COC(=O)C1CC(O)CN1S(=O)(=O)c1cccc(F)c1. The molecule has 8 heteroatoms. The van der Waals surface area contributed by atoms with Crippen molar-refractivity contribution in [3.05, 3.63) is 30.1 Å². The van der Waals surface area contributed by atoms with Gasteiger partial charge in [0.25, 0.3) is 0 Å². The Bertz CT molecular complexity index is 618. The predicted molar refractivity (Wildman–Crippen MR) is 66.7 cm³/mol. The van der Waals surface area contributed by atoms with Gasteiger partial charge in [-0.25, -0.2) is 12.8 Å². The first-order chi connectivity index (χ1) is 9.36. The van der Waals surface area contributed by atoms with Crippen LogP contribution in [0, 0.1) is 5.82 Å². The van der Waals surface area contributed by atoms with E-state index in [0.717, 1.165) is 23.5 Å². The van der Waals surface area contributed by atoms with Crippen molar-refractivity contribution in [3.63, 3.8) is 0 Å². The van der Waals surface area contributed by atoms with E-state index in [1.54, 1.807) is 0 Å². The summed E-state index contributed by atoms with van der Waals surface area (Å²) in [6, 6.07) is 3.40. The highest BCUT2D eigenvalue weighted by Crippen LogP contribution is 2.27. The van der Waals surface area contributed by atoms with E-state index in [-0.39, 0.29) is 17.9 Å². The lowest BCUT2D eigenvalue weighted by molar-refractivity contribution is -0.144. The first-order valence-electron chi connectivity index (χ1n) is 5.89. The average molecular weight is 303 g/mol. The maximum absolute atomic E-state index is 13.2. The molecule has 6 nitrogen and oxygen atoms in total. The molecule has 1 heterocycles. The highest BCUT2D eigenvalue weighted by molar-refractivity contribution is 7.89. The van der Waals surface area contributed by atoms with Crippen LogP contribution >= 0.6 is 0 Å². The van der Waals surface area contributed by atoms with Gasteiger partial charge >= 0.3 is 5.97 Å². The van der Waals surface area contributed by atoms with E-state index < -0.39 is 34.0 Å². The van der Waals surface area contributed by atoms with E-state index in [0.29, 0.717) is 0 Å². The molecule has 0 radical (unpaired) electrons. The summed E-state index contributed by atoms with van der Waals surface area (Å²) >= 11 is 0. The standard InChI is InChI=1S/C12H14FNO5S/c1-19-12(16)11-6-9(15)7-14(11)20(17,18)10-4-2-3-8(13)5-10/h2-5,9,11,15H,6-7H2,1H3. The largest absolute Gasteiger partial charge is 0.468 e. The van der Waals surface area contributed by atoms with Crippen molar-refractivity contribution < 1.29 is 27.4 Å². The molecule has 0 aliphatic carbocycles. The van der Waals surface area contributed by atoms with Crippen LogP contribution in [-0.4, -0.2) is 49.6 Å². The molecule has 1 aliphatic heterocycles. The molecule has 1 aliphatic rings. The molecule has 1 saturated heterocycles. The van der Waals surface area contributed by atoms with Gasteiger partial charge in [0.2, 0.25) is 10.0 Å². The third kappa shape index (κ3) is 2.67. The normalized spacial score (nSPS) is 23.8. The zero-order valence-electron chi connectivity index (χ0n) is 10.7. The number of nitrogens with zero attached hydrogens (tertiary/aromatic N) is 1. The fourth-order valence-electron chi connectivity index (χ4n) is 2.16. The first-order valence-corrected chi connectivity index (χ1v) is 7.33. The van der Waals surface area contributed by atoms with Gasteiger partial charge in [0.15, 0.2) is 0 Å². The van der Waals surface area contributed by atoms with Gasteiger partial charge < -0.3 is 9.84 Å². The number of aliphatic hydroxyl groups is 1. The maximum atomic E-state index is 13.2. The Kier molecular flexibility index (Phi) is 4.07. The minimum absolute atomic E-state index is 0.0405. The topological polar surface area (TPSA) is 83.9 Å². The number of carbonyl (C=O) groups excluding carboxylic acids is 1. The molecule has 1 aromatic carbocycles. The van der Waals surface area contributed by atoms with Crippen molar-refractivity contribution >= 4 is 16.0 Å². The van der Waals surface area contributed by atoms with Crippen LogP contribution < -0.4 is 0 Å². The number of ether oxygens (including phenoxy) is 1. The Hall–Kier alpha value is -1.51. The van der Waals surface area contributed by atoms with Crippen molar-refractivity contribution in [2.24, 2.45) is 0 Å². The van der Waals surface area contributed by atoms with Crippen molar-refractivity contribution in [1.82, 2.24) is 4.31 Å². The third-order valence-electron chi connectivity index (χ3n) is 3.11. The summed E-state index contributed by atoms with van der Waals surface area (Å²) in [4.78, 5) is 11.3. The van der Waals surface area contributed by atoms with Crippen molar-refractivity contribution in [3.8, 4) is 0 Å². The Morgan fingerprint density at radius 3 is 2.80 bits per heavy atom. The molecule has 0 saturated carbocycles. The second-order valence-electron chi connectivity index (χ2n) is 4.46. The minimum atomic E-state index is -4.07. The van der Waals surface area contributed by atoms with E-state index in [9.17, 15) is 22.7 Å². The predicted octanol–water partition coefficient (Wildman–Crippen LogP) is 0.123. The lowest BCUT2D eigenvalue weighted by Gasteiger charge is -2.21. The molecule has 2 unspecified atom stereocenters. The van der Waals surface area contributed by atoms with E-state index in [1.807, 2.05) is 0 Å². The zero-order valence-corrected chi connectivity index (χ0v) is 11.5. The number of hydrogen-bond donors (Lipinski definition) is 1. The quantitative estimate of drug-likeness (QED) is 0.802. The highest BCUT2D eigenvalue weighted by atomic mass is 32.2. The van der Waals surface area contributed by atoms with Crippen LogP contribution in [0.5, 0.6) is 0 Å². The number of rotatable bonds is 3. The molecular formula is C12H14FNO5S. The smallest absolute Gasteiger partial charge is 0.324 e. The number of esters is 1. The van der Waals surface area contributed by atoms with Gasteiger partial charge in [0.1, 0.15) is 11.9 Å². The van der Waals surface area contributed by atoms with Crippen LogP contribution in [0.2, 0.25) is 0 Å². The Labute approximate surface area is 115 Å². The monoisotopic (exact) mass is 303 g/mol. The molecule has 1 N–H and O–H groups in total.